The lowest BCUT2D eigenvalue weighted by molar-refractivity contribution is -0.116. The number of anilines is 3. The van der Waals surface area contributed by atoms with Gasteiger partial charge in [0.25, 0.3) is 11.8 Å². The molecule has 1 atom stereocenters. The van der Waals surface area contributed by atoms with Crippen LogP contribution in [0.1, 0.15) is 39.2 Å². The quantitative estimate of drug-likeness (QED) is 0.0856. The molecule has 0 saturated carbocycles. The van der Waals surface area contributed by atoms with Crippen LogP contribution in [0.3, 0.4) is 0 Å². The van der Waals surface area contributed by atoms with Gasteiger partial charge in [-0.2, -0.15) is 0 Å². The van der Waals surface area contributed by atoms with Crippen molar-refractivity contribution in [3.63, 3.8) is 0 Å². The first-order valence-corrected chi connectivity index (χ1v) is 16.1. The first-order chi connectivity index (χ1) is 23.2. The second-order valence-corrected chi connectivity index (χ2v) is 12.1. The highest BCUT2D eigenvalue weighted by atomic mass is 32.2. The summed E-state index contributed by atoms with van der Waals surface area (Å²) in [4.78, 5) is 52.4. The molecule has 0 bridgehead atoms. The molecular formula is C39H34N4O4S. The maximum Gasteiger partial charge on any atom is 0.272 e. The number of carbonyl (C=O) groups is 4. The van der Waals surface area contributed by atoms with E-state index in [1.165, 1.54) is 18.7 Å². The second kappa shape index (κ2) is 16.1. The van der Waals surface area contributed by atoms with Gasteiger partial charge in [0.05, 0.1) is 0 Å². The zero-order chi connectivity index (χ0) is 33.9. The number of nitrogens with one attached hydrogen (secondary N) is 4. The van der Waals surface area contributed by atoms with Crippen LogP contribution in [-0.2, 0) is 14.4 Å². The predicted octanol–water partition coefficient (Wildman–Crippen LogP) is 7.84. The highest BCUT2D eigenvalue weighted by molar-refractivity contribution is 8.00. The number of carbonyl (C=O) groups excluding carboxylic acids is 4. The minimum absolute atomic E-state index is 0.0820. The molecule has 0 saturated heterocycles. The molecule has 0 heterocycles. The van der Waals surface area contributed by atoms with Crippen LogP contribution in [0.15, 0.2) is 144 Å². The van der Waals surface area contributed by atoms with Crippen molar-refractivity contribution in [2.24, 2.45) is 0 Å². The van der Waals surface area contributed by atoms with Gasteiger partial charge in [0.15, 0.2) is 0 Å². The predicted molar refractivity (Wildman–Crippen MR) is 193 cm³/mol. The molecule has 0 aliphatic carbocycles. The first-order valence-electron chi connectivity index (χ1n) is 15.2. The van der Waals surface area contributed by atoms with Crippen molar-refractivity contribution in [1.29, 1.82) is 0 Å². The van der Waals surface area contributed by atoms with Crippen LogP contribution < -0.4 is 21.3 Å². The van der Waals surface area contributed by atoms with Gasteiger partial charge in [-0.1, -0.05) is 84.4 Å². The monoisotopic (exact) mass is 654 g/mol. The van der Waals surface area contributed by atoms with Crippen molar-refractivity contribution in [3.8, 4) is 0 Å². The Morgan fingerprint density at radius 2 is 1.29 bits per heavy atom. The average Bonchev–Trinajstić information content (AvgIpc) is 3.08. The Morgan fingerprint density at radius 1 is 0.646 bits per heavy atom. The number of thioether (sulfide) groups is 1. The fourth-order valence-electron chi connectivity index (χ4n) is 4.80. The maximum absolute atomic E-state index is 13.6. The zero-order valence-corrected chi connectivity index (χ0v) is 27.2. The van der Waals surface area contributed by atoms with E-state index in [1.807, 2.05) is 73.7 Å². The van der Waals surface area contributed by atoms with Gasteiger partial charge < -0.3 is 21.3 Å². The molecule has 4 amide bonds. The van der Waals surface area contributed by atoms with Crippen molar-refractivity contribution in [2.45, 2.75) is 24.0 Å². The van der Waals surface area contributed by atoms with Gasteiger partial charge in [-0.05, 0) is 78.7 Å². The minimum Gasteiger partial charge on any atom is -0.326 e. The molecule has 5 rings (SSSR count). The Labute approximate surface area is 283 Å². The fourth-order valence-corrected chi connectivity index (χ4v) is 5.88. The zero-order valence-electron chi connectivity index (χ0n) is 26.4. The van der Waals surface area contributed by atoms with E-state index in [1.54, 1.807) is 72.8 Å². The van der Waals surface area contributed by atoms with Crippen molar-refractivity contribution < 1.29 is 19.2 Å². The van der Waals surface area contributed by atoms with Crippen molar-refractivity contribution >= 4 is 58.5 Å². The molecule has 9 heteroatoms. The Bertz CT molecular complexity index is 1940. The standard InChI is InChI=1S/C39H34N4O4S/c1-26-11-9-12-28(23-26)24-35(43-37(45)30-15-7-4-8-16-30)38(46)42-33-17-10-18-34(25-33)48-36(29-13-5-3-6-14-29)39(47)41-32-21-19-31(20-22-32)40-27(2)44/h3-25,36H,1-2H3,(H,40,44)(H,41,47)(H,42,46)(H,43,45)/b35-24+. The van der Waals surface area contributed by atoms with Crippen LogP contribution in [-0.4, -0.2) is 23.6 Å². The summed E-state index contributed by atoms with van der Waals surface area (Å²) in [5.74, 6) is -1.32. The molecule has 1 unspecified atom stereocenters. The van der Waals surface area contributed by atoms with Crippen LogP contribution in [0.5, 0.6) is 0 Å². The number of benzene rings is 5. The number of aryl methyl sites for hydroxylation is 1. The highest BCUT2D eigenvalue weighted by Crippen LogP contribution is 2.37. The summed E-state index contributed by atoms with van der Waals surface area (Å²) in [6.07, 6.45) is 1.64. The number of rotatable bonds is 11. The topological polar surface area (TPSA) is 116 Å². The molecule has 5 aromatic rings. The van der Waals surface area contributed by atoms with E-state index in [0.29, 0.717) is 22.6 Å². The number of amides is 4. The van der Waals surface area contributed by atoms with Gasteiger partial charge in [0.2, 0.25) is 11.8 Å². The van der Waals surface area contributed by atoms with Gasteiger partial charge in [0, 0.05) is 34.4 Å². The normalized spacial score (nSPS) is 11.6. The maximum atomic E-state index is 13.6. The van der Waals surface area contributed by atoms with E-state index < -0.39 is 17.1 Å². The van der Waals surface area contributed by atoms with Gasteiger partial charge >= 0.3 is 0 Å². The SMILES string of the molecule is CC(=O)Nc1ccc(NC(=O)C(Sc2cccc(NC(=O)/C(=C\c3cccc(C)c3)NC(=O)c3ccccc3)c2)c2ccccc2)cc1. The summed E-state index contributed by atoms with van der Waals surface area (Å²) in [6.45, 7) is 3.39. The molecule has 0 aliphatic heterocycles. The van der Waals surface area contributed by atoms with Crippen LogP contribution >= 0.6 is 11.8 Å². The third-order valence-electron chi connectivity index (χ3n) is 7.04. The van der Waals surface area contributed by atoms with Crippen molar-refractivity contribution in [2.75, 3.05) is 16.0 Å². The summed E-state index contributed by atoms with van der Waals surface area (Å²) < 4.78 is 0. The van der Waals surface area contributed by atoms with Crippen molar-refractivity contribution in [1.82, 2.24) is 5.32 Å². The lowest BCUT2D eigenvalue weighted by Gasteiger charge is -2.18. The summed E-state index contributed by atoms with van der Waals surface area (Å²) in [7, 11) is 0. The Balaban J connectivity index is 1.35. The Morgan fingerprint density at radius 3 is 1.96 bits per heavy atom. The summed E-state index contributed by atoms with van der Waals surface area (Å²) in [5.41, 5.74) is 4.80. The summed E-state index contributed by atoms with van der Waals surface area (Å²) in [6, 6.07) is 39.8. The average molecular weight is 655 g/mol. The number of hydrogen-bond donors (Lipinski definition) is 4. The van der Waals surface area contributed by atoms with E-state index >= 15 is 0 Å². The van der Waals surface area contributed by atoms with E-state index in [9.17, 15) is 19.2 Å². The van der Waals surface area contributed by atoms with Gasteiger partial charge in [-0.3, -0.25) is 19.2 Å². The molecule has 0 aromatic heterocycles. The van der Waals surface area contributed by atoms with Gasteiger partial charge in [-0.25, -0.2) is 0 Å². The summed E-state index contributed by atoms with van der Waals surface area (Å²) >= 11 is 1.34. The Hall–Kier alpha value is -5.93. The molecule has 5 aromatic carbocycles. The Kier molecular flexibility index (Phi) is 11.2. The lowest BCUT2D eigenvalue weighted by atomic mass is 10.1. The van der Waals surface area contributed by atoms with Crippen LogP contribution in [0.2, 0.25) is 0 Å². The largest absolute Gasteiger partial charge is 0.326 e. The van der Waals surface area contributed by atoms with E-state index in [4.69, 9.17) is 0 Å². The fraction of sp³-hybridized carbons (Fsp3) is 0.0769. The van der Waals surface area contributed by atoms with Crippen LogP contribution in [0.25, 0.3) is 6.08 Å². The molecule has 0 fully saturated rings. The lowest BCUT2D eigenvalue weighted by Crippen LogP contribution is -2.30. The smallest absolute Gasteiger partial charge is 0.272 e. The van der Waals surface area contributed by atoms with E-state index in [2.05, 4.69) is 21.3 Å². The molecule has 48 heavy (non-hydrogen) atoms. The second-order valence-electron chi connectivity index (χ2n) is 10.9. The molecule has 0 spiro atoms. The first kappa shape index (κ1) is 33.4. The molecule has 8 nitrogen and oxygen atoms in total. The molecule has 0 radical (unpaired) electrons. The number of hydrogen-bond acceptors (Lipinski definition) is 5. The van der Waals surface area contributed by atoms with Crippen LogP contribution in [0, 0.1) is 6.92 Å². The van der Waals surface area contributed by atoms with Crippen molar-refractivity contribution in [3.05, 3.63) is 161 Å². The van der Waals surface area contributed by atoms with Crippen LogP contribution in [0.4, 0.5) is 17.1 Å². The molecule has 0 aliphatic rings. The van der Waals surface area contributed by atoms with E-state index in [0.717, 1.165) is 21.6 Å². The summed E-state index contributed by atoms with van der Waals surface area (Å²) in [5, 5.41) is 10.7. The highest BCUT2D eigenvalue weighted by Gasteiger charge is 2.23. The molecule has 4 N–H and O–H groups in total. The molecule has 240 valence electrons. The third-order valence-corrected chi connectivity index (χ3v) is 8.29. The molecular weight excluding hydrogens is 621 g/mol. The van der Waals surface area contributed by atoms with Gasteiger partial charge in [0.1, 0.15) is 10.9 Å². The van der Waals surface area contributed by atoms with Gasteiger partial charge in [-0.15, -0.1) is 11.8 Å². The minimum atomic E-state index is -0.617. The third kappa shape index (κ3) is 9.54. The van der Waals surface area contributed by atoms with E-state index in [-0.39, 0.29) is 17.5 Å².